The first-order valence-corrected chi connectivity index (χ1v) is 13.2. The zero-order valence-corrected chi connectivity index (χ0v) is 22.1. The minimum atomic E-state index is -4.43. The van der Waals surface area contributed by atoms with Crippen LogP contribution in [0.25, 0.3) is 11.1 Å². The number of rotatable bonds is 9. The SMILES string of the molecule is C=C1C=C(CN2CC(C(=O)O)C2)CO/C1=C/C(=C\C)OCc1cc(-c2ccccc2C(F)(F)F)c(CC)s1. The van der Waals surface area contributed by atoms with Crippen LogP contribution in [-0.2, 0) is 33.5 Å². The molecule has 4 rings (SSSR count). The molecule has 0 unspecified atom stereocenters. The number of aliphatic carboxylic acids is 1. The fourth-order valence-corrected chi connectivity index (χ4v) is 5.53. The van der Waals surface area contributed by atoms with Gasteiger partial charge >= 0.3 is 12.1 Å². The van der Waals surface area contributed by atoms with E-state index >= 15 is 0 Å². The maximum absolute atomic E-state index is 13.6. The predicted octanol–water partition coefficient (Wildman–Crippen LogP) is 6.83. The highest BCUT2D eigenvalue weighted by Crippen LogP contribution is 2.41. The third-order valence-corrected chi connectivity index (χ3v) is 7.74. The number of thiophene rings is 1. The van der Waals surface area contributed by atoms with Gasteiger partial charge in [-0.3, -0.25) is 9.69 Å². The number of aryl methyl sites for hydroxylation is 1. The highest BCUT2D eigenvalue weighted by atomic mass is 32.1. The molecule has 0 aliphatic carbocycles. The van der Waals surface area contributed by atoms with Gasteiger partial charge in [0.25, 0.3) is 0 Å². The van der Waals surface area contributed by atoms with E-state index < -0.39 is 17.7 Å². The van der Waals surface area contributed by atoms with E-state index in [1.54, 1.807) is 24.3 Å². The van der Waals surface area contributed by atoms with Gasteiger partial charge in [0, 0.05) is 41.0 Å². The number of allylic oxidation sites excluding steroid dienone is 3. The van der Waals surface area contributed by atoms with Crippen LogP contribution >= 0.6 is 11.3 Å². The van der Waals surface area contributed by atoms with E-state index in [2.05, 4.69) is 11.5 Å². The van der Waals surface area contributed by atoms with Crippen molar-refractivity contribution in [1.29, 1.82) is 0 Å². The van der Waals surface area contributed by atoms with Gasteiger partial charge < -0.3 is 14.6 Å². The summed E-state index contributed by atoms with van der Waals surface area (Å²) in [4.78, 5) is 14.8. The Kier molecular flexibility index (Phi) is 8.47. The normalized spacial score (nSPS) is 18.2. The minimum absolute atomic E-state index is 0.180. The Morgan fingerprint density at radius 1 is 1.29 bits per heavy atom. The number of carbonyl (C=O) groups is 1. The maximum atomic E-state index is 13.6. The van der Waals surface area contributed by atoms with E-state index in [0.717, 1.165) is 21.4 Å². The van der Waals surface area contributed by atoms with E-state index in [-0.39, 0.29) is 18.1 Å². The van der Waals surface area contributed by atoms with E-state index in [4.69, 9.17) is 14.6 Å². The number of hydrogen-bond donors (Lipinski definition) is 1. The van der Waals surface area contributed by atoms with Gasteiger partial charge in [0.15, 0.2) is 0 Å². The largest absolute Gasteiger partial charge is 0.488 e. The highest BCUT2D eigenvalue weighted by Gasteiger charge is 2.34. The van der Waals surface area contributed by atoms with Crippen molar-refractivity contribution in [3.05, 3.63) is 93.1 Å². The summed E-state index contributed by atoms with van der Waals surface area (Å²) >= 11 is 1.45. The van der Waals surface area contributed by atoms with Crippen molar-refractivity contribution in [2.75, 3.05) is 26.2 Å². The summed E-state index contributed by atoms with van der Waals surface area (Å²) in [5.74, 6) is 0.0719. The molecule has 202 valence electrons. The van der Waals surface area contributed by atoms with Crippen LogP contribution in [0.5, 0.6) is 0 Å². The molecule has 3 heterocycles. The van der Waals surface area contributed by atoms with Crippen molar-refractivity contribution in [3.63, 3.8) is 0 Å². The van der Waals surface area contributed by atoms with Gasteiger partial charge in [0.1, 0.15) is 24.7 Å². The molecule has 9 heteroatoms. The third kappa shape index (κ3) is 6.39. The number of ether oxygens (including phenoxy) is 2. The summed E-state index contributed by atoms with van der Waals surface area (Å²) in [5, 5.41) is 9.03. The topological polar surface area (TPSA) is 59.0 Å². The van der Waals surface area contributed by atoms with E-state index in [1.807, 2.05) is 19.9 Å². The molecule has 5 nitrogen and oxygen atoms in total. The number of benzene rings is 1. The van der Waals surface area contributed by atoms with Gasteiger partial charge in [0.2, 0.25) is 0 Å². The molecule has 2 aromatic rings. The smallest absolute Gasteiger partial charge is 0.417 e. The Balaban J connectivity index is 1.41. The number of halogens is 3. The molecule has 2 aliphatic heterocycles. The molecule has 0 spiro atoms. The van der Waals surface area contributed by atoms with Crippen molar-refractivity contribution in [3.8, 4) is 11.1 Å². The molecular weight excluding hydrogens is 515 g/mol. The van der Waals surface area contributed by atoms with Crippen molar-refractivity contribution < 1.29 is 32.5 Å². The van der Waals surface area contributed by atoms with Crippen molar-refractivity contribution in [2.45, 2.75) is 33.1 Å². The second kappa shape index (κ2) is 11.6. The van der Waals surface area contributed by atoms with E-state index in [0.29, 0.717) is 55.3 Å². The van der Waals surface area contributed by atoms with Gasteiger partial charge in [0.05, 0.1) is 11.5 Å². The van der Waals surface area contributed by atoms with Crippen LogP contribution in [0.2, 0.25) is 0 Å². The van der Waals surface area contributed by atoms with Crippen LogP contribution < -0.4 is 0 Å². The lowest BCUT2D eigenvalue weighted by molar-refractivity contribution is -0.147. The van der Waals surface area contributed by atoms with Crippen molar-refractivity contribution in [2.24, 2.45) is 5.92 Å². The molecule has 2 aliphatic rings. The Morgan fingerprint density at radius 3 is 2.66 bits per heavy atom. The molecule has 0 radical (unpaired) electrons. The fourth-order valence-electron chi connectivity index (χ4n) is 4.49. The van der Waals surface area contributed by atoms with Gasteiger partial charge in [-0.2, -0.15) is 13.2 Å². The molecule has 0 saturated carbocycles. The molecule has 1 N–H and O–H groups in total. The molecule has 1 aromatic carbocycles. The molecule has 1 aromatic heterocycles. The monoisotopic (exact) mass is 545 g/mol. The lowest BCUT2D eigenvalue weighted by Gasteiger charge is -2.37. The zero-order valence-electron chi connectivity index (χ0n) is 21.3. The van der Waals surface area contributed by atoms with Crippen LogP contribution in [0.1, 0.15) is 29.2 Å². The van der Waals surface area contributed by atoms with Gasteiger partial charge in [-0.25, -0.2) is 0 Å². The molecule has 38 heavy (non-hydrogen) atoms. The summed E-state index contributed by atoms with van der Waals surface area (Å²) < 4.78 is 52.7. The first-order chi connectivity index (χ1) is 18.1. The van der Waals surface area contributed by atoms with Gasteiger partial charge in [-0.1, -0.05) is 31.7 Å². The maximum Gasteiger partial charge on any atom is 0.417 e. The van der Waals surface area contributed by atoms with Gasteiger partial charge in [-0.05, 0) is 54.3 Å². The molecule has 0 amide bonds. The Bertz CT molecular complexity index is 1300. The summed E-state index contributed by atoms with van der Waals surface area (Å²) in [6, 6.07) is 7.43. The number of likely N-dealkylation sites (tertiary alicyclic amines) is 1. The quantitative estimate of drug-likeness (QED) is 0.350. The minimum Gasteiger partial charge on any atom is -0.488 e. The first-order valence-electron chi connectivity index (χ1n) is 12.3. The predicted molar refractivity (Wildman–Crippen MR) is 142 cm³/mol. The van der Waals surface area contributed by atoms with E-state index in [9.17, 15) is 18.0 Å². The van der Waals surface area contributed by atoms with E-state index in [1.165, 1.54) is 23.5 Å². The third-order valence-electron chi connectivity index (χ3n) is 6.48. The second-order valence-electron chi connectivity index (χ2n) is 9.28. The summed E-state index contributed by atoms with van der Waals surface area (Å²) in [6.45, 7) is 10.1. The Labute approximate surface area is 224 Å². The summed E-state index contributed by atoms with van der Waals surface area (Å²) in [5.41, 5.74) is 1.84. The van der Waals surface area contributed by atoms with Crippen LogP contribution in [-0.4, -0.2) is 42.2 Å². The average Bonchev–Trinajstić information content (AvgIpc) is 3.27. The first kappa shape index (κ1) is 27.7. The Morgan fingerprint density at radius 2 is 2.03 bits per heavy atom. The molecule has 0 atom stereocenters. The fraction of sp³-hybridized carbons (Fsp3) is 0.345. The standard InChI is InChI=1S/C29H30F3NO4S/c1-4-21(11-26-18(3)10-19(16-37-26)13-33-14-20(15-33)28(34)35)36-17-22-12-24(27(5-2)38-22)23-8-6-7-9-25(23)29(30,31)32/h4,6-12,20H,3,5,13-17H2,1-2H3,(H,34,35)/b21-4+,26-11+. The summed E-state index contributed by atoms with van der Waals surface area (Å²) in [7, 11) is 0. The van der Waals surface area contributed by atoms with Crippen LogP contribution in [0.3, 0.4) is 0 Å². The van der Waals surface area contributed by atoms with Crippen LogP contribution in [0.4, 0.5) is 13.2 Å². The zero-order chi connectivity index (χ0) is 27.4. The Hall–Kier alpha value is -3.30. The molecule has 0 bridgehead atoms. The lowest BCUT2D eigenvalue weighted by Crippen LogP contribution is -2.51. The molecule has 1 saturated heterocycles. The molecular formula is C29H30F3NO4S. The number of alkyl halides is 3. The number of carboxylic acids is 1. The van der Waals surface area contributed by atoms with Gasteiger partial charge in [-0.15, -0.1) is 11.3 Å². The summed E-state index contributed by atoms with van der Waals surface area (Å²) in [6.07, 6.45) is 1.69. The van der Waals surface area contributed by atoms with Crippen LogP contribution in [0, 0.1) is 5.92 Å². The number of hydrogen-bond acceptors (Lipinski definition) is 5. The highest BCUT2D eigenvalue weighted by molar-refractivity contribution is 7.12. The number of nitrogens with zero attached hydrogens (tertiary/aromatic N) is 1. The van der Waals surface area contributed by atoms with Crippen molar-refractivity contribution in [1.82, 2.24) is 4.90 Å². The van der Waals surface area contributed by atoms with Crippen LogP contribution in [0.15, 0.2) is 77.8 Å². The number of carboxylic acid groups (broad SMARTS) is 1. The average molecular weight is 546 g/mol. The lowest BCUT2D eigenvalue weighted by atomic mass is 9.98. The second-order valence-corrected chi connectivity index (χ2v) is 10.5. The van der Waals surface area contributed by atoms with Crippen molar-refractivity contribution >= 4 is 17.3 Å². The molecule has 1 fully saturated rings.